The molecule has 0 spiro atoms. The number of pyridine rings is 1. The fraction of sp³-hybridized carbons (Fsp3) is 0.333. The molecule has 0 aliphatic carbocycles. The summed E-state index contributed by atoms with van der Waals surface area (Å²) in [7, 11) is 0. The number of para-hydroxylation sites is 1. The zero-order valence-electron chi connectivity index (χ0n) is 13.7. The van der Waals surface area contributed by atoms with Gasteiger partial charge in [-0.1, -0.05) is 12.1 Å². The van der Waals surface area contributed by atoms with Crippen molar-refractivity contribution in [1.82, 2.24) is 10.3 Å². The quantitative estimate of drug-likeness (QED) is 0.797. The monoisotopic (exact) mass is 327 g/mol. The average Bonchev–Trinajstić information content (AvgIpc) is 2.62. The van der Waals surface area contributed by atoms with E-state index in [2.05, 4.69) is 15.6 Å². The van der Waals surface area contributed by atoms with Gasteiger partial charge in [0, 0.05) is 19.3 Å². The van der Waals surface area contributed by atoms with Crippen molar-refractivity contribution in [3.05, 3.63) is 47.7 Å². The molecule has 0 bridgehead atoms. The standard InChI is InChI=1S/C18H21N3O3/c1-13-6-7-16(21-12-13)19-8-3-9-20-18(22)14-4-2-5-15-17(14)24-11-10-23-15/h2,4-7,12H,3,8-11H2,1H3,(H,19,21)(H,20,22). The number of hydrogen-bond acceptors (Lipinski definition) is 5. The Morgan fingerprint density at radius 1 is 1.17 bits per heavy atom. The van der Waals surface area contributed by atoms with E-state index in [0.29, 0.717) is 36.8 Å². The van der Waals surface area contributed by atoms with Gasteiger partial charge in [0.1, 0.15) is 19.0 Å². The summed E-state index contributed by atoms with van der Waals surface area (Å²) in [6.45, 7) is 4.29. The zero-order chi connectivity index (χ0) is 16.8. The summed E-state index contributed by atoms with van der Waals surface area (Å²) >= 11 is 0. The number of benzene rings is 1. The van der Waals surface area contributed by atoms with Crippen LogP contribution in [0.4, 0.5) is 5.82 Å². The van der Waals surface area contributed by atoms with Crippen molar-refractivity contribution < 1.29 is 14.3 Å². The third-order valence-corrected chi connectivity index (χ3v) is 3.67. The molecular formula is C18H21N3O3. The molecule has 2 aromatic rings. The van der Waals surface area contributed by atoms with Crippen LogP contribution in [0.3, 0.4) is 0 Å². The number of aryl methyl sites for hydroxylation is 1. The molecule has 0 fully saturated rings. The minimum absolute atomic E-state index is 0.147. The molecule has 2 heterocycles. The first kappa shape index (κ1) is 16.1. The first-order valence-electron chi connectivity index (χ1n) is 8.07. The smallest absolute Gasteiger partial charge is 0.255 e. The summed E-state index contributed by atoms with van der Waals surface area (Å²) < 4.78 is 11.1. The summed E-state index contributed by atoms with van der Waals surface area (Å²) in [5.74, 6) is 1.85. The van der Waals surface area contributed by atoms with Gasteiger partial charge >= 0.3 is 0 Å². The Balaban J connectivity index is 1.45. The van der Waals surface area contributed by atoms with Gasteiger partial charge in [-0.2, -0.15) is 0 Å². The van der Waals surface area contributed by atoms with Crippen LogP contribution in [0.25, 0.3) is 0 Å². The van der Waals surface area contributed by atoms with Crippen LogP contribution >= 0.6 is 0 Å². The second-order valence-corrected chi connectivity index (χ2v) is 5.59. The van der Waals surface area contributed by atoms with E-state index >= 15 is 0 Å². The van der Waals surface area contributed by atoms with Crippen LogP contribution in [0.1, 0.15) is 22.3 Å². The maximum absolute atomic E-state index is 12.3. The van der Waals surface area contributed by atoms with Crippen molar-refractivity contribution >= 4 is 11.7 Å². The lowest BCUT2D eigenvalue weighted by atomic mass is 10.1. The van der Waals surface area contributed by atoms with E-state index < -0.39 is 0 Å². The number of nitrogens with one attached hydrogen (secondary N) is 2. The van der Waals surface area contributed by atoms with Gasteiger partial charge in [0.25, 0.3) is 5.91 Å². The average molecular weight is 327 g/mol. The van der Waals surface area contributed by atoms with E-state index in [1.807, 2.05) is 31.3 Å². The molecule has 0 saturated heterocycles. The van der Waals surface area contributed by atoms with Crippen LogP contribution in [0.5, 0.6) is 11.5 Å². The van der Waals surface area contributed by atoms with E-state index in [1.54, 1.807) is 12.1 Å². The molecule has 1 aromatic carbocycles. The number of carbonyl (C=O) groups is 1. The number of anilines is 1. The topological polar surface area (TPSA) is 72.5 Å². The number of carbonyl (C=O) groups excluding carboxylic acids is 1. The van der Waals surface area contributed by atoms with Gasteiger partial charge in [0.05, 0.1) is 5.56 Å². The highest BCUT2D eigenvalue weighted by Gasteiger charge is 2.19. The number of aromatic nitrogens is 1. The van der Waals surface area contributed by atoms with Crippen LogP contribution in [-0.4, -0.2) is 37.2 Å². The molecule has 1 aliphatic heterocycles. The largest absolute Gasteiger partial charge is 0.486 e. The van der Waals surface area contributed by atoms with Crippen molar-refractivity contribution in [3.8, 4) is 11.5 Å². The van der Waals surface area contributed by atoms with Crippen LogP contribution in [-0.2, 0) is 0 Å². The number of nitrogens with zero attached hydrogens (tertiary/aromatic N) is 1. The van der Waals surface area contributed by atoms with Gasteiger partial charge in [-0.15, -0.1) is 0 Å². The van der Waals surface area contributed by atoms with Gasteiger partial charge in [0.15, 0.2) is 11.5 Å². The lowest BCUT2D eigenvalue weighted by Gasteiger charge is -2.20. The maximum Gasteiger partial charge on any atom is 0.255 e. The Labute approximate surface area is 141 Å². The zero-order valence-corrected chi connectivity index (χ0v) is 13.7. The minimum Gasteiger partial charge on any atom is -0.486 e. The second kappa shape index (κ2) is 7.68. The third kappa shape index (κ3) is 3.95. The normalized spacial score (nSPS) is 12.5. The van der Waals surface area contributed by atoms with Crippen molar-refractivity contribution in [1.29, 1.82) is 0 Å². The van der Waals surface area contributed by atoms with Crippen LogP contribution in [0.15, 0.2) is 36.5 Å². The molecule has 3 rings (SSSR count). The van der Waals surface area contributed by atoms with Gasteiger partial charge in [-0.05, 0) is 37.1 Å². The summed E-state index contributed by atoms with van der Waals surface area (Å²) in [5, 5.41) is 6.14. The third-order valence-electron chi connectivity index (χ3n) is 3.67. The molecule has 2 N–H and O–H groups in total. The molecule has 6 nitrogen and oxygen atoms in total. The Hall–Kier alpha value is -2.76. The second-order valence-electron chi connectivity index (χ2n) is 5.59. The van der Waals surface area contributed by atoms with Gasteiger partial charge in [-0.3, -0.25) is 4.79 Å². The number of ether oxygens (including phenoxy) is 2. The Kier molecular flexibility index (Phi) is 5.15. The van der Waals surface area contributed by atoms with Crippen molar-refractivity contribution in [3.63, 3.8) is 0 Å². The number of fused-ring (bicyclic) bond motifs is 1. The molecule has 6 heteroatoms. The highest BCUT2D eigenvalue weighted by molar-refractivity contribution is 5.97. The van der Waals surface area contributed by atoms with Crippen LogP contribution < -0.4 is 20.1 Å². The number of amides is 1. The highest BCUT2D eigenvalue weighted by atomic mass is 16.6. The molecule has 0 unspecified atom stereocenters. The molecule has 0 saturated carbocycles. The Morgan fingerprint density at radius 3 is 2.88 bits per heavy atom. The van der Waals surface area contributed by atoms with Crippen molar-refractivity contribution in [2.24, 2.45) is 0 Å². The first-order chi connectivity index (χ1) is 11.7. The molecule has 0 atom stereocenters. The van der Waals surface area contributed by atoms with E-state index in [-0.39, 0.29) is 5.91 Å². The molecule has 24 heavy (non-hydrogen) atoms. The van der Waals surface area contributed by atoms with Gasteiger partial charge in [0.2, 0.25) is 0 Å². The molecule has 126 valence electrons. The van der Waals surface area contributed by atoms with E-state index in [4.69, 9.17) is 9.47 Å². The SMILES string of the molecule is Cc1ccc(NCCCNC(=O)c2cccc3c2OCCO3)nc1. The summed E-state index contributed by atoms with van der Waals surface area (Å²) in [4.78, 5) is 16.6. The molecule has 0 radical (unpaired) electrons. The van der Waals surface area contributed by atoms with E-state index in [9.17, 15) is 4.79 Å². The minimum atomic E-state index is -0.147. The van der Waals surface area contributed by atoms with Gasteiger partial charge in [-0.25, -0.2) is 4.98 Å². The number of rotatable bonds is 6. The molecular weight excluding hydrogens is 306 g/mol. The molecule has 1 amide bonds. The van der Waals surface area contributed by atoms with Crippen LogP contribution in [0, 0.1) is 6.92 Å². The molecule has 1 aromatic heterocycles. The summed E-state index contributed by atoms with van der Waals surface area (Å²) in [6, 6.07) is 9.31. The Bertz CT molecular complexity index is 701. The van der Waals surface area contributed by atoms with E-state index in [0.717, 1.165) is 24.3 Å². The Morgan fingerprint density at radius 2 is 2.04 bits per heavy atom. The van der Waals surface area contributed by atoms with Crippen molar-refractivity contribution in [2.45, 2.75) is 13.3 Å². The lowest BCUT2D eigenvalue weighted by molar-refractivity contribution is 0.0942. The predicted octanol–water partition coefficient (Wildman–Crippen LogP) is 2.39. The van der Waals surface area contributed by atoms with E-state index in [1.165, 1.54) is 0 Å². The summed E-state index contributed by atoms with van der Waals surface area (Å²) in [5.41, 5.74) is 1.64. The fourth-order valence-corrected chi connectivity index (χ4v) is 2.43. The summed E-state index contributed by atoms with van der Waals surface area (Å²) in [6.07, 6.45) is 2.62. The lowest BCUT2D eigenvalue weighted by Crippen LogP contribution is -2.27. The first-order valence-corrected chi connectivity index (χ1v) is 8.07. The maximum atomic E-state index is 12.3. The highest BCUT2D eigenvalue weighted by Crippen LogP contribution is 2.33. The van der Waals surface area contributed by atoms with Crippen LogP contribution in [0.2, 0.25) is 0 Å². The molecule has 1 aliphatic rings. The predicted molar refractivity (Wildman–Crippen MR) is 91.8 cm³/mol. The van der Waals surface area contributed by atoms with Gasteiger partial charge < -0.3 is 20.1 Å². The number of hydrogen-bond donors (Lipinski definition) is 2. The fourth-order valence-electron chi connectivity index (χ4n) is 2.43. The van der Waals surface area contributed by atoms with Crippen molar-refractivity contribution in [2.75, 3.05) is 31.6 Å².